The van der Waals surface area contributed by atoms with Crippen LogP contribution >= 0.6 is 0 Å². The van der Waals surface area contributed by atoms with Crippen LogP contribution in [-0.4, -0.2) is 36.7 Å². The quantitative estimate of drug-likeness (QED) is 0.435. The van der Waals surface area contributed by atoms with Gasteiger partial charge < -0.3 is 14.2 Å². The predicted molar refractivity (Wildman–Crippen MR) is 101 cm³/mol. The summed E-state index contributed by atoms with van der Waals surface area (Å²) in [5.74, 6) is -1.75. The Bertz CT molecular complexity index is 876. The van der Waals surface area contributed by atoms with Gasteiger partial charge in [0, 0.05) is 0 Å². The molecule has 3 rings (SSSR count). The van der Waals surface area contributed by atoms with E-state index in [4.69, 9.17) is 14.2 Å². The predicted octanol–water partition coefficient (Wildman–Crippen LogP) is 3.19. The standard InChI is InChI=1S/C22H20O6/c1-3-22(2)18(28-20(24)16-12-8-5-9-13-16)17(27-21(22)25)14-26-19(23)15-10-6-4-7-11-15/h3-13,17-18H,1,14H2,2H3/t17-,18-,22-/m1/s1. The maximum Gasteiger partial charge on any atom is 0.338 e. The Morgan fingerprint density at radius 3 is 2.11 bits per heavy atom. The molecule has 28 heavy (non-hydrogen) atoms. The normalized spacial score (nSPS) is 23.5. The van der Waals surface area contributed by atoms with E-state index in [1.807, 2.05) is 0 Å². The zero-order chi connectivity index (χ0) is 20.1. The Kier molecular flexibility index (Phi) is 5.59. The van der Waals surface area contributed by atoms with Crippen molar-refractivity contribution in [3.63, 3.8) is 0 Å². The van der Waals surface area contributed by atoms with E-state index in [1.165, 1.54) is 6.08 Å². The first-order valence-electron chi connectivity index (χ1n) is 8.78. The third kappa shape index (κ3) is 3.81. The number of cyclic esters (lactones) is 1. The maximum atomic E-state index is 12.5. The number of rotatable bonds is 6. The summed E-state index contributed by atoms with van der Waals surface area (Å²) in [5.41, 5.74) is -0.529. The maximum absolute atomic E-state index is 12.5. The minimum atomic E-state index is -1.24. The smallest absolute Gasteiger partial charge is 0.338 e. The highest BCUT2D eigenvalue weighted by Gasteiger charge is 2.55. The van der Waals surface area contributed by atoms with Crippen molar-refractivity contribution in [3.05, 3.63) is 84.4 Å². The van der Waals surface area contributed by atoms with Crippen molar-refractivity contribution in [2.75, 3.05) is 6.61 Å². The van der Waals surface area contributed by atoms with E-state index >= 15 is 0 Å². The van der Waals surface area contributed by atoms with Gasteiger partial charge >= 0.3 is 17.9 Å². The first kappa shape index (κ1) is 19.4. The lowest BCUT2D eigenvalue weighted by Crippen LogP contribution is -2.41. The molecule has 1 aliphatic rings. The second kappa shape index (κ2) is 8.08. The Hall–Kier alpha value is -3.41. The molecular weight excluding hydrogens is 360 g/mol. The Balaban J connectivity index is 1.75. The van der Waals surface area contributed by atoms with Crippen molar-refractivity contribution in [1.82, 2.24) is 0 Å². The second-order valence-corrected chi connectivity index (χ2v) is 6.59. The summed E-state index contributed by atoms with van der Waals surface area (Å²) in [6, 6.07) is 16.8. The summed E-state index contributed by atoms with van der Waals surface area (Å²) in [5, 5.41) is 0. The number of carbonyl (C=O) groups excluding carboxylic acids is 3. The van der Waals surface area contributed by atoms with Crippen LogP contribution in [0.4, 0.5) is 0 Å². The third-order valence-electron chi connectivity index (χ3n) is 4.68. The van der Waals surface area contributed by atoms with Crippen LogP contribution in [0.2, 0.25) is 0 Å². The van der Waals surface area contributed by atoms with E-state index < -0.39 is 35.5 Å². The van der Waals surface area contributed by atoms with Gasteiger partial charge in [-0.15, -0.1) is 6.58 Å². The third-order valence-corrected chi connectivity index (χ3v) is 4.68. The van der Waals surface area contributed by atoms with E-state index in [9.17, 15) is 14.4 Å². The molecule has 144 valence electrons. The second-order valence-electron chi connectivity index (χ2n) is 6.59. The van der Waals surface area contributed by atoms with Gasteiger partial charge in [-0.25, -0.2) is 9.59 Å². The van der Waals surface area contributed by atoms with Crippen LogP contribution < -0.4 is 0 Å². The number of esters is 3. The van der Waals surface area contributed by atoms with Gasteiger partial charge in [-0.1, -0.05) is 42.5 Å². The number of ether oxygens (including phenoxy) is 3. The van der Waals surface area contributed by atoms with Crippen LogP contribution in [0.15, 0.2) is 73.3 Å². The van der Waals surface area contributed by atoms with Crippen molar-refractivity contribution in [2.24, 2.45) is 5.41 Å². The highest BCUT2D eigenvalue weighted by atomic mass is 16.6. The molecule has 0 N–H and O–H groups in total. The number of hydrogen-bond donors (Lipinski definition) is 0. The molecule has 0 spiro atoms. The molecule has 1 fully saturated rings. The minimum Gasteiger partial charge on any atom is -0.458 e. The fraction of sp³-hybridized carbons (Fsp3) is 0.227. The molecule has 6 heteroatoms. The van der Waals surface area contributed by atoms with E-state index in [2.05, 4.69) is 6.58 Å². The molecular formula is C22H20O6. The van der Waals surface area contributed by atoms with Gasteiger partial charge in [0.15, 0.2) is 12.2 Å². The minimum absolute atomic E-state index is 0.240. The monoisotopic (exact) mass is 380 g/mol. The molecule has 3 atom stereocenters. The Labute approximate surface area is 162 Å². The van der Waals surface area contributed by atoms with Crippen molar-refractivity contribution in [2.45, 2.75) is 19.1 Å². The number of carbonyl (C=O) groups is 3. The van der Waals surface area contributed by atoms with Crippen LogP contribution in [-0.2, 0) is 19.0 Å². The van der Waals surface area contributed by atoms with Gasteiger partial charge in [0.25, 0.3) is 0 Å². The van der Waals surface area contributed by atoms with Gasteiger partial charge in [0.05, 0.1) is 11.1 Å². The van der Waals surface area contributed by atoms with Crippen molar-refractivity contribution in [1.29, 1.82) is 0 Å². The molecule has 0 aliphatic carbocycles. The summed E-state index contributed by atoms with van der Waals surface area (Å²) in [4.78, 5) is 37.0. The molecule has 6 nitrogen and oxygen atoms in total. The van der Waals surface area contributed by atoms with Crippen molar-refractivity contribution >= 4 is 17.9 Å². The molecule has 0 unspecified atom stereocenters. The zero-order valence-corrected chi connectivity index (χ0v) is 15.4. The molecule has 0 bridgehead atoms. The van der Waals surface area contributed by atoms with E-state index in [0.29, 0.717) is 11.1 Å². The van der Waals surface area contributed by atoms with Crippen LogP contribution in [0.25, 0.3) is 0 Å². The van der Waals surface area contributed by atoms with Gasteiger partial charge in [-0.2, -0.15) is 0 Å². The van der Waals surface area contributed by atoms with Gasteiger partial charge in [-0.3, -0.25) is 4.79 Å². The van der Waals surface area contributed by atoms with E-state index in [-0.39, 0.29) is 6.61 Å². The molecule has 2 aromatic carbocycles. The van der Waals surface area contributed by atoms with E-state index in [0.717, 1.165) is 0 Å². The molecule has 0 saturated carbocycles. The van der Waals surface area contributed by atoms with E-state index in [1.54, 1.807) is 67.6 Å². The van der Waals surface area contributed by atoms with Crippen LogP contribution in [0, 0.1) is 5.41 Å². The lowest BCUT2D eigenvalue weighted by atomic mass is 9.84. The molecule has 2 aromatic rings. The summed E-state index contributed by atoms with van der Waals surface area (Å²) in [6.07, 6.45) is -0.526. The first-order chi connectivity index (χ1) is 13.5. The zero-order valence-electron chi connectivity index (χ0n) is 15.4. The van der Waals surface area contributed by atoms with Crippen molar-refractivity contribution < 1.29 is 28.6 Å². The summed E-state index contributed by atoms with van der Waals surface area (Å²) in [7, 11) is 0. The lowest BCUT2D eigenvalue weighted by Gasteiger charge is -2.25. The fourth-order valence-corrected chi connectivity index (χ4v) is 2.92. The van der Waals surface area contributed by atoms with Crippen LogP contribution in [0.1, 0.15) is 27.6 Å². The highest BCUT2D eigenvalue weighted by molar-refractivity contribution is 5.91. The topological polar surface area (TPSA) is 78.9 Å². The molecule has 1 heterocycles. The Morgan fingerprint density at radius 1 is 1.04 bits per heavy atom. The average molecular weight is 380 g/mol. The van der Waals surface area contributed by atoms with Crippen LogP contribution in [0.3, 0.4) is 0 Å². The molecule has 0 amide bonds. The summed E-state index contributed by atoms with van der Waals surface area (Å²) < 4.78 is 16.2. The van der Waals surface area contributed by atoms with Gasteiger partial charge in [0.1, 0.15) is 12.0 Å². The van der Waals surface area contributed by atoms with Gasteiger partial charge in [0.2, 0.25) is 0 Å². The lowest BCUT2D eigenvalue weighted by molar-refractivity contribution is -0.147. The first-order valence-corrected chi connectivity index (χ1v) is 8.78. The molecule has 0 radical (unpaired) electrons. The molecule has 1 saturated heterocycles. The SMILES string of the molecule is C=C[C@@]1(C)C(=O)O[C@H](COC(=O)c2ccccc2)[C@H]1OC(=O)c1ccccc1. The number of benzene rings is 2. The van der Waals surface area contributed by atoms with Crippen LogP contribution in [0.5, 0.6) is 0 Å². The Morgan fingerprint density at radius 2 is 1.57 bits per heavy atom. The van der Waals surface area contributed by atoms with Gasteiger partial charge in [-0.05, 0) is 31.2 Å². The summed E-state index contributed by atoms with van der Waals surface area (Å²) in [6.45, 7) is 5.01. The summed E-state index contributed by atoms with van der Waals surface area (Å²) >= 11 is 0. The fourth-order valence-electron chi connectivity index (χ4n) is 2.92. The largest absolute Gasteiger partial charge is 0.458 e. The number of hydrogen-bond acceptors (Lipinski definition) is 6. The molecule has 1 aliphatic heterocycles. The van der Waals surface area contributed by atoms with Crippen molar-refractivity contribution in [3.8, 4) is 0 Å². The average Bonchev–Trinajstić information content (AvgIpc) is 2.98. The highest BCUT2D eigenvalue weighted by Crippen LogP contribution is 2.38. The molecule has 0 aromatic heterocycles.